The van der Waals surface area contributed by atoms with Gasteiger partial charge >= 0.3 is 5.97 Å². The lowest BCUT2D eigenvalue weighted by atomic mass is 10.0. The van der Waals surface area contributed by atoms with Crippen molar-refractivity contribution in [2.45, 2.75) is 121 Å². The van der Waals surface area contributed by atoms with Gasteiger partial charge in [0.15, 0.2) is 0 Å². The third kappa shape index (κ3) is 11.5. The molecule has 3 rings (SSSR count). The average molecular weight is 601 g/mol. The molecule has 6 nitrogen and oxygen atoms in total. The van der Waals surface area contributed by atoms with E-state index in [-0.39, 0.29) is 13.0 Å². The van der Waals surface area contributed by atoms with E-state index in [2.05, 4.69) is 30.0 Å². The Balaban J connectivity index is 1.35. The summed E-state index contributed by atoms with van der Waals surface area (Å²) in [6, 6.07) is 8.34. The molecule has 0 saturated carbocycles. The molecule has 2 aliphatic heterocycles. The smallest absolute Gasteiger partial charge is 0.305 e. The molecule has 0 unspecified atom stereocenters. The van der Waals surface area contributed by atoms with Crippen LogP contribution in [0.15, 0.2) is 51.2 Å². The third-order valence-corrected chi connectivity index (χ3v) is 9.73. The van der Waals surface area contributed by atoms with Gasteiger partial charge < -0.3 is 10.0 Å². The van der Waals surface area contributed by atoms with Crippen molar-refractivity contribution in [3.05, 3.63) is 46.4 Å². The first-order valence-corrected chi connectivity index (χ1v) is 17.4. The number of hydrogen-bond donors (Lipinski definition) is 1. The number of para-hydroxylation sites is 1. The maximum absolute atomic E-state index is 12.6. The quantitative estimate of drug-likeness (QED) is 0.111. The molecule has 0 radical (unpaired) electrons. The van der Waals surface area contributed by atoms with Crippen LogP contribution in [0.25, 0.3) is 0 Å². The van der Waals surface area contributed by atoms with Gasteiger partial charge in [-0.3, -0.25) is 19.3 Å². The van der Waals surface area contributed by atoms with Gasteiger partial charge in [-0.05, 0) is 42.5 Å². The number of allylic oxidation sites excluding steroid dienone is 2. The molecule has 2 aliphatic rings. The van der Waals surface area contributed by atoms with E-state index in [1.807, 2.05) is 12.1 Å². The molecule has 2 heterocycles. The molecule has 1 fully saturated rings. The summed E-state index contributed by atoms with van der Waals surface area (Å²) in [5.41, 5.74) is 1.19. The maximum Gasteiger partial charge on any atom is 0.305 e. The lowest BCUT2D eigenvalue weighted by Gasteiger charge is -2.20. The van der Waals surface area contributed by atoms with E-state index < -0.39 is 17.1 Å². The van der Waals surface area contributed by atoms with Gasteiger partial charge in [-0.1, -0.05) is 127 Å². The van der Waals surface area contributed by atoms with Crippen molar-refractivity contribution in [2.75, 3.05) is 18.0 Å². The zero-order chi connectivity index (χ0) is 29.3. The van der Waals surface area contributed by atoms with E-state index in [0.29, 0.717) is 4.91 Å². The number of carbonyl (C=O) groups excluding carboxylic acids is 2. The number of imide groups is 1. The molecule has 41 heavy (non-hydrogen) atoms. The molecule has 0 bridgehead atoms. The number of fused-ring (bicyclic) bond motifs is 1. The van der Waals surface area contributed by atoms with Crippen molar-refractivity contribution in [3.8, 4) is 0 Å². The number of carboxylic acids is 1. The molecule has 1 aromatic carbocycles. The molecule has 8 heteroatoms. The predicted molar refractivity (Wildman–Crippen MR) is 172 cm³/mol. The maximum atomic E-state index is 12.6. The highest BCUT2D eigenvalue weighted by atomic mass is 32.2. The SMILES string of the molecule is CCCCCCCCCCCCCCCCCCN1/C(=C\C=C2\SC(=O)N(CCC(=O)O)C2=O)Sc2ccccc21. The Morgan fingerprint density at radius 2 is 1.29 bits per heavy atom. The summed E-state index contributed by atoms with van der Waals surface area (Å²) in [5, 5.41) is 9.53. The topological polar surface area (TPSA) is 77.9 Å². The summed E-state index contributed by atoms with van der Waals surface area (Å²) in [6.45, 7) is 3.10. The first kappa shape index (κ1) is 33.3. The van der Waals surface area contributed by atoms with Crippen LogP contribution in [0.5, 0.6) is 0 Å². The van der Waals surface area contributed by atoms with E-state index in [1.165, 1.54) is 107 Å². The number of carboxylic acid groups (broad SMARTS) is 1. The molecular weight excluding hydrogens is 553 g/mol. The molecule has 0 aliphatic carbocycles. The minimum Gasteiger partial charge on any atom is -0.481 e. The van der Waals surface area contributed by atoms with Crippen molar-refractivity contribution >= 4 is 46.3 Å². The number of nitrogens with zero attached hydrogens (tertiary/aromatic N) is 2. The van der Waals surface area contributed by atoms with Crippen molar-refractivity contribution < 1.29 is 19.5 Å². The van der Waals surface area contributed by atoms with Crippen LogP contribution in [0.3, 0.4) is 0 Å². The van der Waals surface area contributed by atoms with Gasteiger partial charge in [0.1, 0.15) is 0 Å². The van der Waals surface area contributed by atoms with Crippen LogP contribution in [0.1, 0.15) is 116 Å². The Morgan fingerprint density at radius 1 is 0.732 bits per heavy atom. The van der Waals surface area contributed by atoms with Gasteiger partial charge in [0.05, 0.1) is 22.0 Å². The highest BCUT2D eigenvalue weighted by Gasteiger charge is 2.35. The molecule has 0 spiro atoms. The fraction of sp³-hybridized carbons (Fsp3) is 0.606. The Hall–Kier alpha value is -2.19. The van der Waals surface area contributed by atoms with Gasteiger partial charge in [0.2, 0.25) is 0 Å². The van der Waals surface area contributed by atoms with E-state index >= 15 is 0 Å². The predicted octanol–water partition coefficient (Wildman–Crippen LogP) is 9.76. The van der Waals surface area contributed by atoms with Crippen LogP contribution in [0.4, 0.5) is 10.5 Å². The molecule has 0 atom stereocenters. The molecule has 0 aromatic heterocycles. The molecule has 1 saturated heterocycles. The summed E-state index contributed by atoms with van der Waals surface area (Å²) < 4.78 is 0. The number of carbonyl (C=O) groups is 3. The van der Waals surface area contributed by atoms with E-state index in [0.717, 1.165) is 34.7 Å². The van der Waals surface area contributed by atoms with Crippen LogP contribution in [0.2, 0.25) is 0 Å². The zero-order valence-electron chi connectivity index (χ0n) is 24.8. The van der Waals surface area contributed by atoms with Gasteiger partial charge in [-0.2, -0.15) is 0 Å². The summed E-state index contributed by atoms with van der Waals surface area (Å²) in [7, 11) is 0. The van der Waals surface area contributed by atoms with Crippen molar-refractivity contribution in [2.24, 2.45) is 0 Å². The normalized spacial score (nSPS) is 16.9. The number of benzene rings is 1. The van der Waals surface area contributed by atoms with Crippen LogP contribution in [-0.4, -0.2) is 40.2 Å². The Bertz CT molecular complexity index is 1060. The molecular formula is C33H48N2O4S2. The van der Waals surface area contributed by atoms with Gasteiger partial charge in [-0.25, -0.2) is 0 Å². The average Bonchev–Trinajstić information content (AvgIpc) is 3.45. The molecule has 1 aromatic rings. The second-order valence-electron chi connectivity index (χ2n) is 11.0. The van der Waals surface area contributed by atoms with Crippen LogP contribution in [-0.2, 0) is 9.59 Å². The lowest BCUT2D eigenvalue weighted by molar-refractivity contribution is -0.137. The first-order valence-electron chi connectivity index (χ1n) is 15.7. The summed E-state index contributed by atoms with van der Waals surface area (Å²) in [6.07, 6.45) is 25.0. The molecule has 226 valence electrons. The number of aliphatic carboxylic acids is 1. The summed E-state index contributed by atoms with van der Waals surface area (Å²) >= 11 is 2.55. The fourth-order valence-corrected chi connectivity index (χ4v) is 7.18. The zero-order valence-corrected chi connectivity index (χ0v) is 26.4. The second kappa shape index (κ2) is 19.1. The number of unbranched alkanes of at least 4 members (excludes halogenated alkanes) is 15. The number of thioether (sulfide) groups is 2. The van der Waals surface area contributed by atoms with Gasteiger partial charge in [0.25, 0.3) is 11.1 Å². The number of amides is 2. The highest BCUT2D eigenvalue weighted by Crippen LogP contribution is 2.46. The largest absolute Gasteiger partial charge is 0.481 e. The van der Waals surface area contributed by atoms with Crippen molar-refractivity contribution in [1.29, 1.82) is 0 Å². The standard InChI is InChI=1S/C33H48N2O4S2/c1-2-3-4-5-6-7-8-9-10-11-12-13-14-15-16-19-25-34-27-20-17-18-21-28(27)40-30(34)23-22-29-32(38)35(33(39)41-29)26-24-31(36)37/h17-18,20-23H,2-16,19,24-26H2,1H3,(H,36,37)/b29-22+,30-23+. The minimum absolute atomic E-state index is 0.0977. The Kier molecular flexibility index (Phi) is 15.5. The number of rotatable bonds is 21. The molecule has 2 amide bonds. The highest BCUT2D eigenvalue weighted by molar-refractivity contribution is 8.18. The minimum atomic E-state index is -1.03. The number of hydrogen-bond acceptors (Lipinski definition) is 6. The van der Waals surface area contributed by atoms with Gasteiger partial charge in [0, 0.05) is 18.0 Å². The van der Waals surface area contributed by atoms with Crippen LogP contribution >= 0.6 is 23.5 Å². The monoisotopic (exact) mass is 600 g/mol. The van der Waals surface area contributed by atoms with Crippen molar-refractivity contribution in [1.82, 2.24) is 4.90 Å². The van der Waals surface area contributed by atoms with E-state index in [1.54, 1.807) is 17.8 Å². The number of anilines is 1. The van der Waals surface area contributed by atoms with Crippen molar-refractivity contribution in [3.63, 3.8) is 0 Å². The van der Waals surface area contributed by atoms with Gasteiger partial charge in [-0.15, -0.1) is 0 Å². The first-order chi connectivity index (χ1) is 20.0. The Morgan fingerprint density at radius 3 is 1.88 bits per heavy atom. The Labute approximate surface area is 255 Å². The lowest BCUT2D eigenvalue weighted by Crippen LogP contribution is -2.30. The second-order valence-corrected chi connectivity index (χ2v) is 13.1. The van der Waals surface area contributed by atoms with E-state index in [9.17, 15) is 14.4 Å². The fourth-order valence-electron chi connectivity index (χ4n) is 5.29. The van der Waals surface area contributed by atoms with Crippen LogP contribution < -0.4 is 4.90 Å². The molecule has 1 N–H and O–H groups in total. The third-order valence-electron chi connectivity index (χ3n) is 7.67. The summed E-state index contributed by atoms with van der Waals surface area (Å²) in [4.78, 5) is 40.6. The van der Waals surface area contributed by atoms with Crippen LogP contribution in [0, 0.1) is 0 Å². The van der Waals surface area contributed by atoms with E-state index in [4.69, 9.17) is 5.11 Å². The summed E-state index contributed by atoms with van der Waals surface area (Å²) in [5.74, 6) is -1.44.